The zero-order valence-corrected chi connectivity index (χ0v) is 14.9. The van der Waals surface area contributed by atoms with Crippen LogP contribution >= 0.6 is 0 Å². The first-order valence-corrected chi connectivity index (χ1v) is 8.75. The minimum absolute atomic E-state index is 0.0378. The van der Waals surface area contributed by atoms with Gasteiger partial charge < -0.3 is 19.4 Å². The molecule has 2 aromatic rings. The van der Waals surface area contributed by atoms with Gasteiger partial charge in [-0.25, -0.2) is 8.42 Å². The van der Waals surface area contributed by atoms with Crippen LogP contribution in [0.1, 0.15) is 5.56 Å². The average molecular weight is 364 g/mol. The third-order valence-electron chi connectivity index (χ3n) is 3.54. The molecule has 7 nitrogen and oxygen atoms in total. The molecule has 2 rings (SSSR count). The Hall–Kier alpha value is -2.74. The Morgan fingerprint density at radius 3 is 2.24 bits per heavy atom. The van der Waals surface area contributed by atoms with Crippen molar-refractivity contribution in [1.82, 2.24) is 0 Å². The molecule has 0 saturated heterocycles. The molecule has 0 fully saturated rings. The monoisotopic (exact) mass is 364 g/mol. The largest absolute Gasteiger partial charge is 0.548 e. The van der Waals surface area contributed by atoms with Crippen LogP contribution < -0.4 is 18.9 Å². The number of rotatable bonds is 7. The Morgan fingerprint density at radius 1 is 1.08 bits per heavy atom. The van der Waals surface area contributed by atoms with Crippen molar-refractivity contribution in [3.05, 3.63) is 48.0 Å². The van der Waals surface area contributed by atoms with Crippen LogP contribution in [0.4, 0.5) is 5.69 Å². The van der Waals surface area contributed by atoms with Gasteiger partial charge >= 0.3 is 0 Å². The maximum atomic E-state index is 13.0. The zero-order valence-electron chi connectivity index (χ0n) is 14.1. The van der Waals surface area contributed by atoms with Crippen LogP contribution in [0.3, 0.4) is 0 Å². The number of benzene rings is 2. The van der Waals surface area contributed by atoms with E-state index in [-0.39, 0.29) is 16.3 Å². The predicted molar refractivity (Wildman–Crippen MR) is 90.3 cm³/mol. The van der Waals surface area contributed by atoms with Crippen LogP contribution in [0, 0.1) is 6.92 Å². The summed E-state index contributed by atoms with van der Waals surface area (Å²) in [5.74, 6) is -0.989. The Bertz CT molecular complexity index is 861. The topological polar surface area (TPSA) is 96.0 Å². The molecule has 2 aromatic carbocycles. The molecule has 0 atom stereocenters. The molecule has 8 heteroatoms. The maximum absolute atomic E-state index is 13.0. The highest BCUT2D eigenvalue weighted by molar-refractivity contribution is 7.92. The minimum Gasteiger partial charge on any atom is -0.548 e. The molecule has 0 aliphatic carbocycles. The first kappa shape index (κ1) is 18.6. The van der Waals surface area contributed by atoms with Gasteiger partial charge in [0.2, 0.25) is 0 Å². The third kappa shape index (κ3) is 4.03. The van der Waals surface area contributed by atoms with Gasteiger partial charge in [0.25, 0.3) is 10.0 Å². The molecule has 0 radical (unpaired) electrons. The molecule has 134 valence electrons. The second-order valence-electron chi connectivity index (χ2n) is 5.23. The van der Waals surface area contributed by atoms with Gasteiger partial charge in [0, 0.05) is 6.07 Å². The summed E-state index contributed by atoms with van der Waals surface area (Å²) in [6, 6.07) is 10.6. The Labute approximate surface area is 146 Å². The molecule has 25 heavy (non-hydrogen) atoms. The van der Waals surface area contributed by atoms with Crippen molar-refractivity contribution in [1.29, 1.82) is 0 Å². The summed E-state index contributed by atoms with van der Waals surface area (Å²) in [7, 11) is -1.36. The summed E-state index contributed by atoms with van der Waals surface area (Å²) in [4.78, 5) is 11.1. The number of hydrogen-bond acceptors (Lipinski definition) is 6. The lowest BCUT2D eigenvalue weighted by Crippen LogP contribution is -2.41. The molecule has 0 bridgehead atoms. The summed E-state index contributed by atoms with van der Waals surface area (Å²) in [5, 5.41) is 11.2. The Kier molecular flexibility index (Phi) is 5.53. The van der Waals surface area contributed by atoms with Gasteiger partial charge in [0.1, 0.15) is 11.5 Å². The van der Waals surface area contributed by atoms with E-state index in [1.807, 2.05) is 6.92 Å². The van der Waals surface area contributed by atoms with E-state index in [0.29, 0.717) is 5.75 Å². The van der Waals surface area contributed by atoms with Crippen molar-refractivity contribution in [3.8, 4) is 11.5 Å². The lowest BCUT2D eigenvalue weighted by atomic mass is 10.2. The lowest BCUT2D eigenvalue weighted by molar-refractivity contribution is -0.303. The van der Waals surface area contributed by atoms with E-state index in [9.17, 15) is 18.3 Å². The van der Waals surface area contributed by atoms with Crippen molar-refractivity contribution < 1.29 is 27.8 Å². The number of carbonyl (C=O) groups excluding carboxylic acids is 1. The smallest absolute Gasteiger partial charge is 0.264 e. The summed E-state index contributed by atoms with van der Waals surface area (Å²) in [5.41, 5.74) is 0.927. The number of aliphatic carboxylic acids is 1. The molecular weight excluding hydrogens is 346 g/mol. The second kappa shape index (κ2) is 7.43. The van der Waals surface area contributed by atoms with E-state index in [0.717, 1.165) is 9.87 Å². The number of sulfonamides is 1. The minimum atomic E-state index is -4.15. The van der Waals surface area contributed by atoms with Gasteiger partial charge in [-0.2, -0.15) is 0 Å². The van der Waals surface area contributed by atoms with E-state index in [1.165, 1.54) is 38.5 Å². The highest BCUT2D eigenvalue weighted by Gasteiger charge is 2.28. The summed E-state index contributed by atoms with van der Waals surface area (Å²) < 4.78 is 37.0. The number of hydrogen-bond donors (Lipinski definition) is 0. The fourth-order valence-electron chi connectivity index (χ4n) is 2.25. The van der Waals surface area contributed by atoms with Crippen molar-refractivity contribution in [3.63, 3.8) is 0 Å². The van der Waals surface area contributed by atoms with Crippen LogP contribution in [0.2, 0.25) is 0 Å². The molecule has 0 aliphatic heterocycles. The lowest BCUT2D eigenvalue weighted by Gasteiger charge is -2.26. The van der Waals surface area contributed by atoms with Gasteiger partial charge in [0.15, 0.2) is 0 Å². The van der Waals surface area contributed by atoms with Crippen LogP contribution in [0.25, 0.3) is 0 Å². The molecular formula is C17H18NO6S-. The van der Waals surface area contributed by atoms with E-state index in [4.69, 9.17) is 9.47 Å². The van der Waals surface area contributed by atoms with Crippen LogP contribution in [0.5, 0.6) is 11.5 Å². The molecule has 0 aliphatic rings. The summed E-state index contributed by atoms with van der Waals surface area (Å²) in [6.45, 7) is 0.958. The van der Waals surface area contributed by atoms with Crippen molar-refractivity contribution in [2.45, 2.75) is 11.8 Å². The number of anilines is 1. The molecule has 0 unspecified atom stereocenters. The Morgan fingerprint density at radius 2 is 1.72 bits per heavy atom. The number of nitrogens with zero attached hydrogens (tertiary/aromatic N) is 1. The van der Waals surface area contributed by atoms with Gasteiger partial charge in [-0.3, -0.25) is 4.31 Å². The zero-order chi connectivity index (χ0) is 18.6. The predicted octanol–water partition coefficient (Wildman–Crippen LogP) is 0.957. The van der Waals surface area contributed by atoms with E-state index in [1.54, 1.807) is 18.2 Å². The number of carboxylic acid groups (broad SMARTS) is 1. The standard InChI is InChI=1S/C17H19NO6S/c1-12-4-7-14(8-5-12)25(21,22)18(11-17(19)20)15-10-13(23-2)6-9-16(15)24-3/h4-10H,11H2,1-3H3,(H,19,20)/p-1. The summed E-state index contributed by atoms with van der Waals surface area (Å²) >= 11 is 0. The van der Waals surface area contributed by atoms with Gasteiger partial charge in [0.05, 0.1) is 37.3 Å². The normalized spacial score (nSPS) is 11.0. The van der Waals surface area contributed by atoms with Gasteiger partial charge in [-0.05, 0) is 31.2 Å². The number of ether oxygens (including phenoxy) is 2. The molecule has 0 N–H and O–H groups in total. The quantitative estimate of drug-likeness (QED) is 0.726. The van der Waals surface area contributed by atoms with E-state index in [2.05, 4.69) is 0 Å². The fraction of sp³-hybridized carbons (Fsp3) is 0.235. The van der Waals surface area contributed by atoms with E-state index >= 15 is 0 Å². The highest BCUT2D eigenvalue weighted by Crippen LogP contribution is 2.35. The van der Waals surface area contributed by atoms with Crippen molar-refractivity contribution in [2.24, 2.45) is 0 Å². The molecule has 0 aromatic heterocycles. The SMILES string of the molecule is COc1ccc(OC)c(N(CC(=O)[O-])S(=O)(=O)c2ccc(C)cc2)c1. The number of carbonyl (C=O) groups is 1. The van der Waals surface area contributed by atoms with Gasteiger partial charge in [-0.15, -0.1) is 0 Å². The first-order valence-electron chi connectivity index (χ1n) is 7.31. The number of carboxylic acids is 1. The van der Waals surface area contributed by atoms with Crippen LogP contribution in [-0.2, 0) is 14.8 Å². The fourth-order valence-corrected chi connectivity index (χ4v) is 3.66. The molecule has 0 spiro atoms. The first-order chi connectivity index (χ1) is 11.8. The van der Waals surface area contributed by atoms with Crippen molar-refractivity contribution in [2.75, 3.05) is 25.1 Å². The highest BCUT2D eigenvalue weighted by atomic mass is 32.2. The second-order valence-corrected chi connectivity index (χ2v) is 7.10. The van der Waals surface area contributed by atoms with Crippen LogP contribution in [-0.4, -0.2) is 35.2 Å². The third-order valence-corrected chi connectivity index (χ3v) is 5.31. The molecule has 0 amide bonds. The molecule has 0 heterocycles. The Balaban J connectivity index is 2.64. The number of aryl methyl sites for hydroxylation is 1. The van der Waals surface area contributed by atoms with Crippen molar-refractivity contribution >= 4 is 21.7 Å². The van der Waals surface area contributed by atoms with Gasteiger partial charge in [-0.1, -0.05) is 17.7 Å². The summed E-state index contributed by atoms with van der Waals surface area (Å²) in [6.07, 6.45) is 0. The van der Waals surface area contributed by atoms with E-state index < -0.39 is 22.5 Å². The average Bonchev–Trinajstić information content (AvgIpc) is 2.59. The number of methoxy groups -OCH3 is 2. The van der Waals surface area contributed by atoms with Crippen LogP contribution in [0.15, 0.2) is 47.4 Å². The molecule has 0 saturated carbocycles. The maximum Gasteiger partial charge on any atom is 0.264 e.